The van der Waals surface area contributed by atoms with Crippen molar-refractivity contribution in [3.63, 3.8) is 0 Å². The van der Waals surface area contributed by atoms with Crippen LogP contribution in [0.3, 0.4) is 0 Å². The van der Waals surface area contributed by atoms with Crippen LogP contribution in [0.2, 0.25) is 0 Å². The highest BCUT2D eigenvalue weighted by atomic mass is 14.7. The lowest BCUT2D eigenvalue weighted by molar-refractivity contribution is 0.716. The zero-order valence-corrected chi connectivity index (χ0v) is 10.6. The second kappa shape index (κ2) is 6.01. The second-order valence-corrected chi connectivity index (χ2v) is 4.46. The number of benzene rings is 1. The van der Waals surface area contributed by atoms with Crippen molar-refractivity contribution in [1.29, 1.82) is 0 Å². The highest BCUT2D eigenvalue weighted by molar-refractivity contribution is 5.81. The average molecular weight is 238 g/mol. The molecule has 0 bridgehead atoms. The molecule has 0 saturated carbocycles. The van der Waals surface area contributed by atoms with Gasteiger partial charge in [0.15, 0.2) is 0 Å². The van der Waals surface area contributed by atoms with Crippen molar-refractivity contribution in [2.24, 2.45) is 16.6 Å². The van der Waals surface area contributed by atoms with Crippen molar-refractivity contribution in [2.75, 3.05) is 0 Å². The number of rotatable bonds is 3. The van der Waals surface area contributed by atoms with Crippen LogP contribution in [-0.2, 0) is 0 Å². The third-order valence-corrected chi connectivity index (χ3v) is 3.03. The standard InChI is InChI=1S/C16H18N2/c1-13-7-5-6-10-15(13)11-18-12-16(17)14-8-3-2-4-9-14/h2-6,8-13H,7,17H2,1H3/b16-12-,18-11+. The molecule has 1 aliphatic rings. The van der Waals surface area contributed by atoms with E-state index in [9.17, 15) is 0 Å². The van der Waals surface area contributed by atoms with Gasteiger partial charge in [-0.15, -0.1) is 0 Å². The van der Waals surface area contributed by atoms with Gasteiger partial charge in [-0.2, -0.15) is 0 Å². The van der Waals surface area contributed by atoms with Gasteiger partial charge in [0.2, 0.25) is 0 Å². The Morgan fingerprint density at radius 1 is 1.33 bits per heavy atom. The summed E-state index contributed by atoms with van der Waals surface area (Å²) in [6, 6.07) is 9.87. The molecule has 92 valence electrons. The zero-order chi connectivity index (χ0) is 12.8. The molecule has 0 aromatic heterocycles. The van der Waals surface area contributed by atoms with Crippen molar-refractivity contribution >= 4 is 11.9 Å². The van der Waals surface area contributed by atoms with Crippen LogP contribution in [0.5, 0.6) is 0 Å². The molecule has 1 aromatic rings. The lowest BCUT2D eigenvalue weighted by Gasteiger charge is -2.12. The van der Waals surface area contributed by atoms with Crippen LogP contribution < -0.4 is 5.73 Å². The van der Waals surface area contributed by atoms with Crippen molar-refractivity contribution in [1.82, 2.24) is 0 Å². The molecule has 2 nitrogen and oxygen atoms in total. The van der Waals surface area contributed by atoms with Gasteiger partial charge in [0, 0.05) is 6.21 Å². The predicted octanol–water partition coefficient (Wildman–Crippen LogP) is 3.54. The molecule has 1 unspecified atom stereocenters. The van der Waals surface area contributed by atoms with E-state index in [2.05, 4.69) is 30.1 Å². The van der Waals surface area contributed by atoms with Crippen LogP contribution >= 0.6 is 0 Å². The molecule has 0 spiro atoms. The molecule has 0 radical (unpaired) electrons. The first-order chi connectivity index (χ1) is 8.77. The zero-order valence-electron chi connectivity index (χ0n) is 10.6. The minimum atomic E-state index is 0.532. The van der Waals surface area contributed by atoms with Gasteiger partial charge >= 0.3 is 0 Å². The molecule has 0 saturated heterocycles. The Morgan fingerprint density at radius 3 is 2.83 bits per heavy atom. The topological polar surface area (TPSA) is 38.4 Å². The Kier molecular flexibility index (Phi) is 4.13. The van der Waals surface area contributed by atoms with Crippen LogP contribution in [-0.4, -0.2) is 6.21 Å². The van der Waals surface area contributed by atoms with Crippen LogP contribution in [0.15, 0.2) is 65.3 Å². The Bertz CT molecular complexity index is 507. The first kappa shape index (κ1) is 12.4. The fraction of sp³-hybridized carbons (Fsp3) is 0.188. The number of hydrogen-bond acceptors (Lipinski definition) is 2. The molecule has 1 atom stereocenters. The average Bonchev–Trinajstić information content (AvgIpc) is 2.42. The van der Waals surface area contributed by atoms with Gasteiger partial charge in [0.05, 0.1) is 11.9 Å². The first-order valence-corrected chi connectivity index (χ1v) is 6.18. The highest BCUT2D eigenvalue weighted by Gasteiger charge is 2.06. The summed E-state index contributed by atoms with van der Waals surface area (Å²) in [5.41, 5.74) is 8.89. The fourth-order valence-corrected chi connectivity index (χ4v) is 1.84. The van der Waals surface area contributed by atoms with E-state index in [4.69, 9.17) is 5.73 Å². The number of aliphatic imine (C=N–C) groups is 1. The Hall–Kier alpha value is -2.09. The molecule has 1 aliphatic carbocycles. The smallest absolute Gasteiger partial charge is 0.0573 e. The summed E-state index contributed by atoms with van der Waals surface area (Å²) in [5.74, 6) is 0.532. The number of allylic oxidation sites excluding steroid dienone is 4. The lowest BCUT2D eigenvalue weighted by atomic mass is 9.94. The molecule has 0 aliphatic heterocycles. The molecule has 0 heterocycles. The molecular formula is C16H18N2. The Balaban J connectivity index is 2.06. The van der Waals surface area contributed by atoms with E-state index in [1.807, 2.05) is 36.5 Å². The maximum Gasteiger partial charge on any atom is 0.0573 e. The summed E-state index contributed by atoms with van der Waals surface area (Å²) in [6.45, 7) is 2.20. The molecule has 2 N–H and O–H groups in total. The third-order valence-electron chi connectivity index (χ3n) is 3.03. The molecule has 1 aromatic carbocycles. The molecular weight excluding hydrogens is 220 g/mol. The lowest BCUT2D eigenvalue weighted by Crippen LogP contribution is -2.02. The van der Waals surface area contributed by atoms with Crippen molar-refractivity contribution in [3.05, 3.63) is 65.9 Å². The quantitative estimate of drug-likeness (QED) is 0.804. The van der Waals surface area contributed by atoms with E-state index in [-0.39, 0.29) is 0 Å². The van der Waals surface area contributed by atoms with E-state index >= 15 is 0 Å². The van der Waals surface area contributed by atoms with E-state index in [0.717, 1.165) is 12.0 Å². The largest absolute Gasteiger partial charge is 0.397 e. The molecule has 2 heteroatoms. The summed E-state index contributed by atoms with van der Waals surface area (Å²) >= 11 is 0. The van der Waals surface area contributed by atoms with Gasteiger partial charge in [-0.05, 0) is 23.5 Å². The number of nitrogens with zero attached hydrogens (tertiary/aromatic N) is 1. The van der Waals surface area contributed by atoms with Gasteiger partial charge < -0.3 is 5.73 Å². The predicted molar refractivity (Wildman–Crippen MR) is 78.1 cm³/mol. The van der Waals surface area contributed by atoms with Crippen LogP contribution in [0.25, 0.3) is 5.70 Å². The second-order valence-electron chi connectivity index (χ2n) is 4.46. The maximum atomic E-state index is 5.96. The van der Waals surface area contributed by atoms with Gasteiger partial charge in [-0.1, -0.05) is 55.5 Å². The van der Waals surface area contributed by atoms with Gasteiger partial charge in [0.1, 0.15) is 0 Å². The third kappa shape index (κ3) is 3.20. The van der Waals surface area contributed by atoms with Crippen LogP contribution in [0.1, 0.15) is 18.9 Å². The van der Waals surface area contributed by atoms with Crippen molar-refractivity contribution < 1.29 is 0 Å². The molecule has 0 amide bonds. The summed E-state index contributed by atoms with van der Waals surface area (Å²) in [5, 5.41) is 0. The van der Waals surface area contributed by atoms with Gasteiger partial charge in [0.25, 0.3) is 0 Å². The molecule has 0 fully saturated rings. The highest BCUT2D eigenvalue weighted by Crippen LogP contribution is 2.18. The van der Waals surface area contributed by atoms with Crippen LogP contribution in [0, 0.1) is 5.92 Å². The van der Waals surface area contributed by atoms with E-state index in [1.54, 1.807) is 6.20 Å². The number of hydrogen-bond donors (Lipinski definition) is 1. The Labute approximate surface area is 108 Å². The Morgan fingerprint density at radius 2 is 2.11 bits per heavy atom. The summed E-state index contributed by atoms with van der Waals surface area (Å²) in [6.07, 6.45) is 11.0. The molecule has 18 heavy (non-hydrogen) atoms. The normalized spacial score (nSPS) is 20.2. The monoisotopic (exact) mass is 238 g/mol. The first-order valence-electron chi connectivity index (χ1n) is 6.18. The number of nitrogens with two attached hydrogens (primary N) is 1. The minimum absolute atomic E-state index is 0.532. The van der Waals surface area contributed by atoms with Gasteiger partial charge in [-0.3, -0.25) is 4.99 Å². The fourth-order valence-electron chi connectivity index (χ4n) is 1.84. The SMILES string of the molecule is CC1CC=CC=C1/C=N/C=C(\N)c1ccccc1. The summed E-state index contributed by atoms with van der Waals surface area (Å²) < 4.78 is 0. The minimum Gasteiger partial charge on any atom is -0.397 e. The molecule has 2 rings (SSSR count). The van der Waals surface area contributed by atoms with E-state index in [1.165, 1.54) is 5.57 Å². The van der Waals surface area contributed by atoms with Gasteiger partial charge in [-0.25, -0.2) is 0 Å². The maximum absolute atomic E-state index is 5.96. The van der Waals surface area contributed by atoms with E-state index < -0.39 is 0 Å². The van der Waals surface area contributed by atoms with Crippen LogP contribution in [0.4, 0.5) is 0 Å². The van der Waals surface area contributed by atoms with Crippen molar-refractivity contribution in [3.8, 4) is 0 Å². The van der Waals surface area contributed by atoms with Crippen molar-refractivity contribution in [2.45, 2.75) is 13.3 Å². The summed E-state index contributed by atoms with van der Waals surface area (Å²) in [7, 11) is 0. The van der Waals surface area contributed by atoms with E-state index in [0.29, 0.717) is 11.6 Å². The summed E-state index contributed by atoms with van der Waals surface area (Å²) in [4.78, 5) is 4.31.